The Bertz CT molecular complexity index is 1560. The third kappa shape index (κ3) is 7.12. The number of H-pyrrole nitrogens is 1. The maximum atomic E-state index is 12.4. The van der Waals surface area contributed by atoms with Crippen molar-refractivity contribution in [3.8, 4) is 11.4 Å². The van der Waals surface area contributed by atoms with Crippen molar-refractivity contribution in [2.75, 3.05) is 57.3 Å². The molecule has 0 bridgehead atoms. The first-order chi connectivity index (χ1) is 20.6. The van der Waals surface area contributed by atoms with Gasteiger partial charge in [0.15, 0.2) is 5.65 Å². The van der Waals surface area contributed by atoms with E-state index in [9.17, 15) is 4.79 Å². The Kier molecular flexibility index (Phi) is 8.59. The molecule has 12 heteroatoms. The van der Waals surface area contributed by atoms with E-state index < -0.39 is 5.60 Å². The topological polar surface area (TPSA) is 93.7 Å². The first-order valence-corrected chi connectivity index (χ1v) is 16.1. The summed E-state index contributed by atoms with van der Waals surface area (Å²) in [6.07, 6.45) is 1.48. The van der Waals surface area contributed by atoms with E-state index in [-0.39, 0.29) is 6.09 Å². The van der Waals surface area contributed by atoms with Crippen LogP contribution in [0.25, 0.3) is 22.6 Å². The average Bonchev–Trinajstić information content (AvgIpc) is 3.59. The molecule has 2 fully saturated rings. The van der Waals surface area contributed by atoms with Crippen LogP contribution in [0.2, 0.25) is 5.02 Å². The number of anilines is 1. The van der Waals surface area contributed by atoms with E-state index in [4.69, 9.17) is 21.3 Å². The number of amides is 1. The van der Waals surface area contributed by atoms with Crippen LogP contribution in [0, 0.1) is 6.92 Å². The lowest BCUT2D eigenvalue weighted by Gasteiger charge is -2.36. The van der Waals surface area contributed by atoms with Gasteiger partial charge in [0.25, 0.3) is 0 Å². The molecule has 1 aromatic carbocycles. The molecule has 0 spiro atoms. The maximum Gasteiger partial charge on any atom is 0.410 e. The third-order valence-corrected chi connectivity index (χ3v) is 8.95. The molecule has 0 atom stereocenters. The summed E-state index contributed by atoms with van der Waals surface area (Å²) in [6, 6.07) is 8.49. The van der Waals surface area contributed by atoms with Crippen molar-refractivity contribution in [2.45, 2.75) is 46.4 Å². The zero-order chi connectivity index (χ0) is 30.1. The third-order valence-electron chi connectivity index (χ3n) is 7.85. The van der Waals surface area contributed by atoms with E-state index in [1.54, 1.807) is 22.4 Å². The summed E-state index contributed by atoms with van der Waals surface area (Å²) in [5, 5.41) is 3.89. The average molecular weight is 623 g/mol. The fourth-order valence-electron chi connectivity index (χ4n) is 5.65. The number of pyridine rings is 1. The number of thiazole rings is 1. The van der Waals surface area contributed by atoms with Crippen molar-refractivity contribution in [1.29, 1.82) is 0 Å². The molecule has 2 aliphatic heterocycles. The molecule has 228 valence electrons. The molecular formula is C31H39ClN8O2S. The van der Waals surface area contributed by atoms with Gasteiger partial charge in [-0.2, -0.15) is 0 Å². The van der Waals surface area contributed by atoms with E-state index in [1.165, 1.54) is 5.56 Å². The van der Waals surface area contributed by atoms with Crippen molar-refractivity contribution >= 4 is 45.9 Å². The van der Waals surface area contributed by atoms with Crippen molar-refractivity contribution in [2.24, 2.45) is 0 Å². The molecule has 5 heterocycles. The van der Waals surface area contributed by atoms with Crippen molar-refractivity contribution < 1.29 is 9.53 Å². The smallest absolute Gasteiger partial charge is 0.410 e. The molecule has 6 rings (SSSR count). The summed E-state index contributed by atoms with van der Waals surface area (Å²) in [7, 11) is 0. The fraction of sp³-hybridized carbons (Fsp3) is 0.484. The summed E-state index contributed by atoms with van der Waals surface area (Å²) >= 11 is 8.42. The minimum absolute atomic E-state index is 0.231. The second-order valence-electron chi connectivity index (χ2n) is 12.3. The van der Waals surface area contributed by atoms with Crippen LogP contribution in [0.4, 0.5) is 10.5 Å². The van der Waals surface area contributed by atoms with Gasteiger partial charge < -0.3 is 19.5 Å². The number of nitrogens with zero attached hydrogens (tertiary/aromatic N) is 7. The molecule has 1 amide bonds. The molecule has 1 N–H and O–H groups in total. The minimum atomic E-state index is -0.475. The first-order valence-electron chi connectivity index (χ1n) is 14.8. The van der Waals surface area contributed by atoms with Gasteiger partial charge in [-0.1, -0.05) is 35.9 Å². The van der Waals surface area contributed by atoms with Gasteiger partial charge in [0.1, 0.15) is 16.9 Å². The predicted octanol–water partition coefficient (Wildman–Crippen LogP) is 5.42. The number of piperazine rings is 2. The number of fused-ring (bicyclic) bond motifs is 1. The van der Waals surface area contributed by atoms with E-state index in [0.29, 0.717) is 23.8 Å². The number of aromatic amines is 1. The predicted molar refractivity (Wildman–Crippen MR) is 172 cm³/mol. The van der Waals surface area contributed by atoms with Gasteiger partial charge in [-0.15, -0.1) is 11.3 Å². The molecular weight excluding hydrogens is 584 g/mol. The minimum Gasteiger partial charge on any atom is -0.444 e. The lowest BCUT2D eigenvalue weighted by molar-refractivity contribution is 0.0139. The van der Waals surface area contributed by atoms with Gasteiger partial charge in [0, 0.05) is 76.4 Å². The molecule has 4 aromatic rings. The van der Waals surface area contributed by atoms with E-state index in [0.717, 1.165) is 85.7 Å². The second kappa shape index (κ2) is 12.4. The van der Waals surface area contributed by atoms with Gasteiger partial charge in [-0.3, -0.25) is 9.80 Å². The number of carbonyl (C=O) groups is 1. The van der Waals surface area contributed by atoms with Crippen LogP contribution in [-0.2, 0) is 17.8 Å². The number of hydrogen-bond donors (Lipinski definition) is 1. The Morgan fingerprint density at radius 1 is 0.977 bits per heavy atom. The number of halogens is 1. The standard InChI is InChI=1S/C31H39ClN8O2S/c1-21-34-24(20-43-21)19-38-9-13-39(14-10-38)27-25(32)17-33-29-26(27)35-28(36-29)23-7-5-22(6-8-23)18-37-11-15-40(16-12-37)30(41)42-31(2,3)4/h5-8,17,20H,9-16,18-19H2,1-4H3,(H,33,35,36). The van der Waals surface area contributed by atoms with Crippen LogP contribution >= 0.6 is 22.9 Å². The largest absolute Gasteiger partial charge is 0.444 e. The van der Waals surface area contributed by atoms with Crippen LogP contribution in [0.5, 0.6) is 0 Å². The highest BCUT2D eigenvalue weighted by molar-refractivity contribution is 7.09. The number of hydrogen-bond acceptors (Lipinski definition) is 9. The van der Waals surface area contributed by atoms with Crippen LogP contribution in [-0.4, -0.2) is 98.7 Å². The quantitative estimate of drug-likeness (QED) is 0.305. The normalized spacial score (nSPS) is 17.1. The van der Waals surface area contributed by atoms with Crippen molar-refractivity contribution in [3.63, 3.8) is 0 Å². The summed E-state index contributed by atoms with van der Waals surface area (Å²) < 4.78 is 5.52. The highest BCUT2D eigenvalue weighted by Gasteiger charge is 2.26. The molecule has 0 radical (unpaired) electrons. The maximum absolute atomic E-state index is 12.4. The summed E-state index contributed by atoms with van der Waals surface area (Å²) in [5.74, 6) is 0.779. The summed E-state index contributed by atoms with van der Waals surface area (Å²) in [4.78, 5) is 38.8. The second-order valence-corrected chi connectivity index (χ2v) is 13.8. The van der Waals surface area contributed by atoms with Gasteiger partial charge in [-0.25, -0.2) is 19.7 Å². The Morgan fingerprint density at radius 2 is 1.65 bits per heavy atom. The summed E-state index contributed by atoms with van der Waals surface area (Å²) in [5.41, 5.74) is 5.40. The zero-order valence-electron chi connectivity index (χ0n) is 25.3. The Balaban J connectivity index is 1.08. The first kappa shape index (κ1) is 29.8. The molecule has 0 aliphatic carbocycles. The Hall–Kier alpha value is -3.25. The molecule has 3 aromatic heterocycles. The van der Waals surface area contributed by atoms with Gasteiger partial charge >= 0.3 is 6.09 Å². The van der Waals surface area contributed by atoms with Gasteiger partial charge in [0.05, 0.1) is 27.6 Å². The number of benzene rings is 1. The Labute approximate surface area is 261 Å². The monoisotopic (exact) mass is 622 g/mol. The molecule has 0 unspecified atom stereocenters. The number of imidazole rings is 1. The van der Waals surface area contributed by atoms with E-state index in [1.807, 2.05) is 20.8 Å². The van der Waals surface area contributed by atoms with Crippen molar-refractivity contribution in [3.05, 3.63) is 57.1 Å². The molecule has 2 saturated heterocycles. The molecule has 43 heavy (non-hydrogen) atoms. The zero-order valence-corrected chi connectivity index (χ0v) is 26.8. The van der Waals surface area contributed by atoms with Crippen LogP contribution in [0.15, 0.2) is 35.8 Å². The highest BCUT2D eigenvalue weighted by atomic mass is 35.5. The lowest BCUT2D eigenvalue weighted by Crippen LogP contribution is -2.49. The number of nitrogens with one attached hydrogen (secondary N) is 1. The summed E-state index contributed by atoms with van der Waals surface area (Å²) in [6.45, 7) is 16.1. The number of aryl methyl sites for hydroxylation is 1. The SMILES string of the molecule is Cc1nc(CN2CCN(c3c(Cl)cnc4nc(-c5ccc(CN6CCN(C(=O)OC(C)(C)C)CC6)cc5)[nH]c34)CC2)cs1. The molecule has 0 saturated carbocycles. The van der Waals surface area contributed by atoms with Gasteiger partial charge in [-0.05, 0) is 33.3 Å². The fourth-order valence-corrected chi connectivity index (χ4v) is 6.51. The van der Waals surface area contributed by atoms with E-state index in [2.05, 4.69) is 66.2 Å². The lowest BCUT2D eigenvalue weighted by atomic mass is 10.1. The molecule has 10 nitrogen and oxygen atoms in total. The highest BCUT2D eigenvalue weighted by Crippen LogP contribution is 2.34. The van der Waals surface area contributed by atoms with Crippen LogP contribution in [0.1, 0.15) is 37.0 Å². The van der Waals surface area contributed by atoms with Gasteiger partial charge in [0.2, 0.25) is 0 Å². The number of carbonyl (C=O) groups excluding carboxylic acids is 1. The van der Waals surface area contributed by atoms with Crippen LogP contribution < -0.4 is 4.90 Å². The van der Waals surface area contributed by atoms with Crippen molar-refractivity contribution in [1.82, 2.24) is 34.6 Å². The Morgan fingerprint density at radius 3 is 2.30 bits per heavy atom. The number of ether oxygens (including phenoxy) is 1. The number of rotatable bonds is 6. The molecule has 2 aliphatic rings. The number of aromatic nitrogens is 4. The van der Waals surface area contributed by atoms with E-state index >= 15 is 0 Å². The van der Waals surface area contributed by atoms with Crippen LogP contribution in [0.3, 0.4) is 0 Å².